The number of methoxy groups -OCH3 is 1. The molecule has 2 aromatic rings. The van der Waals surface area contributed by atoms with E-state index in [1.165, 1.54) is 18.2 Å². The van der Waals surface area contributed by atoms with Crippen LogP contribution in [0.25, 0.3) is 10.9 Å². The number of aromatic nitrogens is 1. The lowest BCUT2D eigenvalue weighted by Crippen LogP contribution is -2.45. The Morgan fingerprint density at radius 3 is 2.83 bits per heavy atom. The predicted octanol–water partition coefficient (Wildman–Crippen LogP) is 3.96. The molecule has 1 atom stereocenters. The number of esters is 1. The zero-order chi connectivity index (χ0) is 17.3. The smallest absolute Gasteiger partial charge is 0.311 e. The van der Waals surface area contributed by atoms with Crippen LogP contribution in [0.3, 0.4) is 0 Å². The van der Waals surface area contributed by atoms with Gasteiger partial charge >= 0.3 is 5.97 Å². The number of benzene rings is 1. The van der Waals surface area contributed by atoms with Crippen molar-refractivity contribution in [2.75, 3.05) is 25.1 Å². The van der Waals surface area contributed by atoms with Gasteiger partial charge in [0.2, 0.25) is 0 Å². The van der Waals surface area contributed by atoms with Gasteiger partial charge in [0.25, 0.3) is 0 Å². The van der Waals surface area contributed by atoms with Crippen molar-refractivity contribution in [1.82, 2.24) is 4.98 Å². The summed E-state index contributed by atoms with van der Waals surface area (Å²) in [5.74, 6) is 0.163. The highest BCUT2D eigenvalue weighted by Crippen LogP contribution is 2.38. The number of pyridine rings is 1. The molecule has 0 amide bonds. The zero-order valence-corrected chi connectivity index (χ0v) is 15.0. The third-order valence-corrected chi connectivity index (χ3v) is 5.32. The molecule has 0 aliphatic carbocycles. The standard InChI is InChI=1S/C20H26N2O2/c1-14-12-18(16-9-5-6-10-17(16)21-14)22-11-7-8-15(13-22)20(2,3)19(23)24-4/h5-6,9-10,12,15H,7-8,11,13H2,1-4H3. The van der Waals surface area contributed by atoms with E-state index in [-0.39, 0.29) is 11.9 Å². The van der Waals surface area contributed by atoms with Gasteiger partial charge in [-0.25, -0.2) is 0 Å². The van der Waals surface area contributed by atoms with Crippen LogP contribution in [0.15, 0.2) is 30.3 Å². The number of hydrogen-bond donors (Lipinski definition) is 0. The van der Waals surface area contributed by atoms with Crippen molar-refractivity contribution >= 4 is 22.6 Å². The fourth-order valence-electron chi connectivity index (χ4n) is 3.76. The summed E-state index contributed by atoms with van der Waals surface area (Å²) in [5.41, 5.74) is 2.81. The van der Waals surface area contributed by atoms with Gasteiger partial charge in [0, 0.05) is 29.9 Å². The van der Waals surface area contributed by atoms with Crippen molar-refractivity contribution in [3.63, 3.8) is 0 Å². The lowest BCUT2D eigenvalue weighted by atomic mass is 9.74. The lowest BCUT2D eigenvalue weighted by molar-refractivity contribution is -0.154. The second-order valence-electron chi connectivity index (χ2n) is 7.30. The van der Waals surface area contributed by atoms with E-state index < -0.39 is 5.41 Å². The highest BCUT2D eigenvalue weighted by atomic mass is 16.5. The summed E-state index contributed by atoms with van der Waals surface area (Å²) in [5, 5.41) is 1.18. The lowest BCUT2D eigenvalue weighted by Gasteiger charge is -2.41. The number of fused-ring (bicyclic) bond motifs is 1. The molecule has 0 bridgehead atoms. The van der Waals surface area contributed by atoms with Gasteiger partial charge < -0.3 is 9.64 Å². The number of nitrogens with zero attached hydrogens (tertiary/aromatic N) is 2. The van der Waals surface area contributed by atoms with Gasteiger partial charge in [0.05, 0.1) is 18.0 Å². The van der Waals surface area contributed by atoms with Crippen molar-refractivity contribution in [2.45, 2.75) is 33.6 Å². The van der Waals surface area contributed by atoms with Gasteiger partial charge in [0.15, 0.2) is 0 Å². The predicted molar refractivity (Wildman–Crippen MR) is 97.2 cm³/mol. The second kappa shape index (κ2) is 6.42. The molecule has 0 spiro atoms. The van der Waals surface area contributed by atoms with E-state index in [2.05, 4.69) is 34.1 Å². The molecule has 3 rings (SSSR count). The van der Waals surface area contributed by atoms with E-state index in [1.807, 2.05) is 26.8 Å². The Balaban J connectivity index is 1.95. The van der Waals surface area contributed by atoms with E-state index in [4.69, 9.17) is 4.74 Å². The summed E-state index contributed by atoms with van der Waals surface area (Å²) in [6.07, 6.45) is 2.14. The zero-order valence-electron chi connectivity index (χ0n) is 15.0. The monoisotopic (exact) mass is 326 g/mol. The Hall–Kier alpha value is -2.10. The van der Waals surface area contributed by atoms with E-state index >= 15 is 0 Å². The molecule has 1 aliphatic rings. The first-order valence-corrected chi connectivity index (χ1v) is 8.63. The summed E-state index contributed by atoms with van der Waals surface area (Å²) < 4.78 is 5.03. The molecule has 1 unspecified atom stereocenters. The topological polar surface area (TPSA) is 42.4 Å². The van der Waals surface area contributed by atoms with Crippen LogP contribution in [0.1, 0.15) is 32.4 Å². The molecular weight excluding hydrogens is 300 g/mol. The molecule has 2 heterocycles. The highest BCUT2D eigenvalue weighted by molar-refractivity contribution is 5.92. The first kappa shape index (κ1) is 16.7. The number of para-hydroxylation sites is 1. The number of carbonyl (C=O) groups excluding carboxylic acids is 1. The van der Waals surface area contributed by atoms with Gasteiger partial charge in [-0.3, -0.25) is 9.78 Å². The van der Waals surface area contributed by atoms with Crippen molar-refractivity contribution < 1.29 is 9.53 Å². The number of carbonyl (C=O) groups is 1. The van der Waals surface area contributed by atoms with Crippen molar-refractivity contribution in [3.05, 3.63) is 36.0 Å². The summed E-state index contributed by atoms with van der Waals surface area (Å²) in [7, 11) is 1.48. The number of hydrogen-bond acceptors (Lipinski definition) is 4. The van der Waals surface area contributed by atoms with Crippen molar-refractivity contribution in [2.24, 2.45) is 11.3 Å². The maximum Gasteiger partial charge on any atom is 0.311 e. The van der Waals surface area contributed by atoms with Crippen LogP contribution in [0.4, 0.5) is 5.69 Å². The van der Waals surface area contributed by atoms with Gasteiger partial charge in [-0.05, 0) is 51.7 Å². The molecule has 0 N–H and O–H groups in total. The van der Waals surface area contributed by atoms with Gasteiger partial charge in [-0.1, -0.05) is 18.2 Å². The molecule has 4 heteroatoms. The third kappa shape index (κ3) is 2.97. The van der Waals surface area contributed by atoms with Crippen molar-refractivity contribution in [1.29, 1.82) is 0 Å². The average Bonchev–Trinajstić information content (AvgIpc) is 2.60. The Morgan fingerprint density at radius 2 is 2.08 bits per heavy atom. The van der Waals surface area contributed by atoms with Crippen LogP contribution in [-0.2, 0) is 9.53 Å². The van der Waals surface area contributed by atoms with E-state index in [1.54, 1.807) is 0 Å². The minimum Gasteiger partial charge on any atom is -0.469 e. The van der Waals surface area contributed by atoms with E-state index in [0.29, 0.717) is 0 Å². The Morgan fingerprint density at radius 1 is 1.33 bits per heavy atom. The molecule has 24 heavy (non-hydrogen) atoms. The largest absolute Gasteiger partial charge is 0.469 e. The number of piperidine rings is 1. The molecule has 1 aliphatic heterocycles. The summed E-state index contributed by atoms with van der Waals surface area (Å²) in [4.78, 5) is 19.2. The molecule has 128 valence electrons. The molecule has 4 nitrogen and oxygen atoms in total. The molecule has 0 saturated carbocycles. The molecule has 1 saturated heterocycles. The van der Waals surface area contributed by atoms with Crippen LogP contribution in [0.5, 0.6) is 0 Å². The van der Waals surface area contributed by atoms with Crippen molar-refractivity contribution in [3.8, 4) is 0 Å². The number of rotatable bonds is 3. The second-order valence-corrected chi connectivity index (χ2v) is 7.30. The molecule has 0 radical (unpaired) electrons. The maximum absolute atomic E-state index is 12.2. The Kier molecular flexibility index (Phi) is 4.48. The highest BCUT2D eigenvalue weighted by Gasteiger charge is 2.40. The van der Waals surface area contributed by atoms with Crippen LogP contribution >= 0.6 is 0 Å². The minimum atomic E-state index is -0.467. The summed E-state index contributed by atoms with van der Waals surface area (Å²) >= 11 is 0. The van der Waals surface area contributed by atoms with Crippen LogP contribution in [0, 0.1) is 18.3 Å². The van der Waals surface area contributed by atoms with E-state index in [0.717, 1.165) is 37.1 Å². The van der Waals surface area contributed by atoms with Crippen LogP contribution < -0.4 is 4.90 Å². The third-order valence-electron chi connectivity index (χ3n) is 5.32. The fourth-order valence-corrected chi connectivity index (χ4v) is 3.76. The van der Waals surface area contributed by atoms with Gasteiger partial charge in [0.1, 0.15) is 0 Å². The Labute approximate surface area is 143 Å². The fraction of sp³-hybridized carbons (Fsp3) is 0.500. The first-order valence-electron chi connectivity index (χ1n) is 8.63. The SMILES string of the molecule is COC(=O)C(C)(C)C1CCCN(c2cc(C)nc3ccccc23)C1. The van der Waals surface area contributed by atoms with Gasteiger partial charge in [-0.2, -0.15) is 0 Å². The Bertz CT molecular complexity index is 754. The number of ether oxygens (including phenoxy) is 1. The normalized spacial score (nSPS) is 18.7. The molecule has 1 aromatic heterocycles. The first-order chi connectivity index (χ1) is 11.4. The van der Waals surface area contributed by atoms with Crippen LogP contribution in [-0.4, -0.2) is 31.2 Å². The molecule has 1 fully saturated rings. The average molecular weight is 326 g/mol. The maximum atomic E-state index is 12.2. The molecular formula is C20H26N2O2. The minimum absolute atomic E-state index is 0.120. The van der Waals surface area contributed by atoms with Gasteiger partial charge in [-0.15, -0.1) is 0 Å². The van der Waals surface area contributed by atoms with Crippen LogP contribution in [0.2, 0.25) is 0 Å². The molecule has 1 aromatic carbocycles. The summed E-state index contributed by atoms with van der Waals surface area (Å²) in [6, 6.07) is 10.4. The quantitative estimate of drug-likeness (QED) is 0.801. The van der Waals surface area contributed by atoms with E-state index in [9.17, 15) is 4.79 Å². The summed E-state index contributed by atoms with van der Waals surface area (Å²) in [6.45, 7) is 7.93. The number of aryl methyl sites for hydroxylation is 1. The number of anilines is 1.